The average molecular weight is 438 g/mol. The Morgan fingerprint density at radius 2 is 1.58 bits per heavy atom. The molecule has 2 rings (SSSR count). The Morgan fingerprint density at radius 3 is 2.19 bits per heavy atom. The van der Waals surface area contributed by atoms with Crippen molar-refractivity contribution in [3.63, 3.8) is 0 Å². The maximum Gasteiger partial charge on any atom is 0.416 e. The first-order chi connectivity index (χ1) is 14.6. The zero-order valence-electron chi connectivity index (χ0n) is 17.5. The summed E-state index contributed by atoms with van der Waals surface area (Å²) < 4.78 is 49.3. The summed E-state index contributed by atoms with van der Waals surface area (Å²) in [6.07, 6.45) is -5.25. The second kappa shape index (κ2) is 10.7. The van der Waals surface area contributed by atoms with E-state index in [9.17, 15) is 22.8 Å². The third-order valence-electron chi connectivity index (χ3n) is 4.37. The van der Waals surface area contributed by atoms with Crippen LogP contribution in [0.5, 0.6) is 11.5 Å². The molecule has 168 valence electrons. The minimum absolute atomic E-state index is 0.0872. The molecule has 2 N–H and O–H groups in total. The monoisotopic (exact) mass is 438 g/mol. The summed E-state index contributed by atoms with van der Waals surface area (Å²) in [5.74, 6) is -0.636. The van der Waals surface area contributed by atoms with Gasteiger partial charge in [0.1, 0.15) is 11.5 Å². The Kier molecular flexibility index (Phi) is 8.30. The van der Waals surface area contributed by atoms with Crippen LogP contribution in [-0.4, -0.2) is 24.5 Å². The van der Waals surface area contributed by atoms with Gasteiger partial charge in [0.25, 0.3) is 5.91 Å². The lowest BCUT2D eigenvalue weighted by Gasteiger charge is -2.17. The minimum Gasteiger partial charge on any atom is -0.494 e. The van der Waals surface area contributed by atoms with Gasteiger partial charge in [0.05, 0.1) is 12.2 Å². The Balaban J connectivity index is 1.83. The zero-order chi connectivity index (χ0) is 23.0. The first-order valence-electron chi connectivity index (χ1n) is 9.75. The lowest BCUT2D eigenvalue weighted by molar-refractivity contribution is -0.137. The summed E-state index contributed by atoms with van der Waals surface area (Å²) in [7, 11) is 0. The second-order valence-electron chi connectivity index (χ2n) is 6.95. The van der Waals surface area contributed by atoms with Crippen LogP contribution < -0.4 is 20.3 Å². The van der Waals surface area contributed by atoms with Crippen LogP contribution in [0, 0.1) is 5.92 Å². The van der Waals surface area contributed by atoms with Gasteiger partial charge in [-0.15, -0.1) is 0 Å². The van der Waals surface area contributed by atoms with Crippen LogP contribution in [0.1, 0.15) is 31.9 Å². The third kappa shape index (κ3) is 7.51. The maximum atomic E-state index is 12.8. The van der Waals surface area contributed by atoms with E-state index in [4.69, 9.17) is 9.47 Å². The molecule has 0 saturated carbocycles. The Morgan fingerprint density at radius 1 is 0.968 bits per heavy atom. The molecule has 0 fully saturated rings. The normalized spacial score (nSPS) is 13.1. The van der Waals surface area contributed by atoms with E-state index < -0.39 is 35.6 Å². The minimum atomic E-state index is -4.45. The fourth-order valence-corrected chi connectivity index (χ4v) is 2.71. The van der Waals surface area contributed by atoms with E-state index in [1.165, 1.54) is 19.1 Å². The van der Waals surface area contributed by atoms with E-state index in [-0.39, 0.29) is 6.42 Å². The smallest absolute Gasteiger partial charge is 0.416 e. The molecule has 2 aromatic carbocycles. The molecule has 31 heavy (non-hydrogen) atoms. The van der Waals surface area contributed by atoms with Gasteiger partial charge in [-0.05, 0) is 56.2 Å². The predicted octanol–water partition coefficient (Wildman–Crippen LogP) is 3.90. The molecule has 0 aliphatic heterocycles. The molecular formula is C22H25F3N2O4. The van der Waals surface area contributed by atoms with Gasteiger partial charge < -0.3 is 9.47 Å². The number of carbonyl (C=O) groups is 2. The van der Waals surface area contributed by atoms with Crippen LogP contribution in [0.25, 0.3) is 0 Å². The maximum absolute atomic E-state index is 12.8. The van der Waals surface area contributed by atoms with E-state index in [2.05, 4.69) is 10.9 Å². The van der Waals surface area contributed by atoms with Crippen LogP contribution in [-0.2, 0) is 22.2 Å². The number of halogens is 3. The van der Waals surface area contributed by atoms with Crippen molar-refractivity contribution >= 4 is 11.8 Å². The van der Waals surface area contributed by atoms with E-state index >= 15 is 0 Å². The molecule has 6 nitrogen and oxygen atoms in total. The van der Waals surface area contributed by atoms with Crippen molar-refractivity contribution in [1.29, 1.82) is 0 Å². The largest absolute Gasteiger partial charge is 0.494 e. The first kappa shape index (κ1) is 24.0. The molecular weight excluding hydrogens is 413 g/mol. The predicted molar refractivity (Wildman–Crippen MR) is 108 cm³/mol. The molecule has 0 aliphatic carbocycles. The Labute approximate surface area is 178 Å². The van der Waals surface area contributed by atoms with Crippen molar-refractivity contribution in [3.8, 4) is 11.5 Å². The van der Waals surface area contributed by atoms with E-state index in [0.717, 1.165) is 12.1 Å². The fourth-order valence-electron chi connectivity index (χ4n) is 2.71. The van der Waals surface area contributed by atoms with Gasteiger partial charge in [-0.1, -0.05) is 25.1 Å². The summed E-state index contributed by atoms with van der Waals surface area (Å²) in [5, 5.41) is 0. The van der Waals surface area contributed by atoms with E-state index in [1.54, 1.807) is 31.2 Å². The molecule has 2 amide bonds. The molecule has 2 aromatic rings. The van der Waals surface area contributed by atoms with Crippen molar-refractivity contribution in [2.75, 3.05) is 6.61 Å². The number of rotatable bonds is 8. The SMILES string of the molecule is CCOc1ccc(OC(C)C(=O)NNC(=O)C(C)Cc2cccc(C(F)(F)F)c2)cc1. The molecule has 0 saturated heterocycles. The van der Waals surface area contributed by atoms with Crippen LogP contribution in [0.4, 0.5) is 13.2 Å². The third-order valence-corrected chi connectivity index (χ3v) is 4.37. The Hall–Kier alpha value is -3.23. The molecule has 0 aliphatic rings. The highest BCUT2D eigenvalue weighted by atomic mass is 19.4. The topological polar surface area (TPSA) is 76.7 Å². The molecule has 0 aromatic heterocycles. The molecule has 9 heteroatoms. The van der Waals surface area contributed by atoms with Crippen molar-refractivity contribution in [2.45, 2.75) is 39.5 Å². The van der Waals surface area contributed by atoms with Crippen LogP contribution in [0.15, 0.2) is 48.5 Å². The van der Waals surface area contributed by atoms with Gasteiger partial charge in [0, 0.05) is 5.92 Å². The van der Waals surface area contributed by atoms with Gasteiger partial charge in [-0.2, -0.15) is 13.2 Å². The standard InChI is InChI=1S/C22H25F3N2O4/c1-4-30-18-8-10-19(11-9-18)31-15(3)21(29)27-26-20(28)14(2)12-16-6-5-7-17(13-16)22(23,24)25/h5-11,13-15H,4,12H2,1-3H3,(H,26,28)(H,27,29). The number of carbonyl (C=O) groups excluding carboxylic acids is 2. The molecule has 0 spiro atoms. The first-order valence-corrected chi connectivity index (χ1v) is 9.75. The highest BCUT2D eigenvalue weighted by Gasteiger charge is 2.30. The van der Waals surface area contributed by atoms with Crippen LogP contribution in [0.3, 0.4) is 0 Å². The summed E-state index contributed by atoms with van der Waals surface area (Å²) in [6, 6.07) is 11.5. The molecule has 0 heterocycles. The van der Waals surface area contributed by atoms with E-state index in [0.29, 0.717) is 23.7 Å². The average Bonchev–Trinajstić information content (AvgIpc) is 2.72. The molecule has 2 atom stereocenters. The van der Waals surface area contributed by atoms with Crippen molar-refractivity contribution in [2.24, 2.45) is 5.92 Å². The summed E-state index contributed by atoms with van der Waals surface area (Å²) in [6.45, 7) is 5.47. The zero-order valence-corrected chi connectivity index (χ0v) is 17.5. The summed E-state index contributed by atoms with van der Waals surface area (Å²) >= 11 is 0. The number of ether oxygens (including phenoxy) is 2. The van der Waals surface area contributed by atoms with Gasteiger partial charge in [-0.25, -0.2) is 0 Å². The molecule has 2 unspecified atom stereocenters. The van der Waals surface area contributed by atoms with Gasteiger partial charge in [0.2, 0.25) is 5.91 Å². The number of amides is 2. The highest BCUT2D eigenvalue weighted by Crippen LogP contribution is 2.30. The lowest BCUT2D eigenvalue weighted by atomic mass is 9.99. The molecule has 0 bridgehead atoms. The number of alkyl halides is 3. The van der Waals surface area contributed by atoms with Gasteiger partial charge >= 0.3 is 6.18 Å². The van der Waals surface area contributed by atoms with E-state index in [1.807, 2.05) is 6.92 Å². The quantitative estimate of drug-likeness (QED) is 0.613. The number of hydrazine groups is 1. The number of hydrogen-bond donors (Lipinski definition) is 2. The van der Waals surface area contributed by atoms with Crippen LogP contribution in [0.2, 0.25) is 0 Å². The second-order valence-corrected chi connectivity index (χ2v) is 6.95. The lowest BCUT2D eigenvalue weighted by Crippen LogP contribution is -2.48. The van der Waals surface area contributed by atoms with Crippen molar-refractivity contribution in [1.82, 2.24) is 10.9 Å². The van der Waals surface area contributed by atoms with Crippen molar-refractivity contribution in [3.05, 3.63) is 59.7 Å². The highest BCUT2D eigenvalue weighted by molar-refractivity contribution is 5.85. The van der Waals surface area contributed by atoms with Crippen molar-refractivity contribution < 1.29 is 32.2 Å². The summed E-state index contributed by atoms with van der Waals surface area (Å²) in [4.78, 5) is 24.4. The number of nitrogens with one attached hydrogen (secondary N) is 2. The summed E-state index contributed by atoms with van der Waals surface area (Å²) in [5.41, 5.74) is 4.15. The van der Waals surface area contributed by atoms with Gasteiger partial charge in [-0.3, -0.25) is 20.4 Å². The van der Waals surface area contributed by atoms with Crippen LogP contribution >= 0.6 is 0 Å². The molecule has 0 radical (unpaired) electrons. The number of hydrogen-bond acceptors (Lipinski definition) is 4. The number of benzene rings is 2. The van der Waals surface area contributed by atoms with Gasteiger partial charge in [0.15, 0.2) is 6.10 Å². The fraction of sp³-hybridized carbons (Fsp3) is 0.364. The Bertz CT molecular complexity index is 885.